The molecule has 5 heteroatoms. The van der Waals surface area contributed by atoms with Gasteiger partial charge in [0.2, 0.25) is 5.75 Å². The molecule has 5 nitrogen and oxygen atoms in total. The van der Waals surface area contributed by atoms with Crippen LogP contribution in [0.15, 0.2) is 12.1 Å². The van der Waals surface area contributed by atoms with Crippen LogP contribution in [0, 0.1) is 0 Å². The highest BCUT2D eigenvalue weighted by Gasteiger charge is 2.26. The second kappa shape index (κ2) is 7.52. The summed E-state index contributed by atoms with van der Waals surface area (Å²) < 4.78 is 16.5. The Bertz CT molecular complexity index is 459. The van der Waals surface area contributed by atoms with Gasteiger partial charge in [0.15, 0.2) is 11.5 Å². The van der Waals surface area contributed by atoms with Gasteiger partial charge in [0.1, 0.15) is 0 Å². The summed E-state index contributed by atoms with van der Waals surface area (Å²) in [7, 11) is 4.98. The van der Waals surface area contributed by atoms with Gasteiger partial charge in [0, 0.05) is 37.8 Å². The van der Waals surface area contributed by atoms with E-state index in [1.54, 1.807) is 21.3 Å². The number of nitrogens with one attached hydrogen (secondary N) is 1. The molecule has 0 saturated carbocycles. The first kappa shape index (κ1) is 15.9. The molecule has 1 aliphatic rings. The molecule has 0 amide bonds. The first-order valence-corrected chi connectivity index (χ1v) is 7.50. The smallest absolute Gasteiger partial charge is 0.203 e. The van der Waals surface area contributed by atoms with Gasteiger partial charge in [0.05, 0.1) is 21.3 Å². The molecule has 21 heavy (non-hydrogen) atoms. The van der Waals surface area contributed by atoms with Crippen molar-refractivity contribution in [1.82, 2.24) is 10.2 Å². The largest absolute Gasteiger partial charge is 0.493 e. The fourth-order valence-corrected chi connectivity index (χ4v) is 3.06. The van der Waals surface area contributed by atoms with Gasteiger partial charge >= 0.3 is 0 Å². The Balaban J connectivity index is 2.40. The minimum atomic E-state index is 0.335. The normalized spacial score (nSPS) is 17.3. The maximum absolute atomic E-state index is 5.64. The number of ether oxygens (including phenoxy) is 3. The topological polar surface area (TPSA) is 43.0 Å². The van der Waals surface area contributed by atoms with Gasteiger partial charge in [-0.25, -0.2) is 0 Å². The molecule has 0 unspecified atom stereocenters. The Hall–Kier alpha value is -1.46. The fraction of sp³-hybridized carbons (Fsp3) is 0.625. The van der Waals surface area contributed by atoms with E-state index in [1.165, 1.54) is 5.56 Å². The van der Waals surface area contributed by atoms with Crippen LogP contribution in [-0.4, -0.2) is 52.4 Å². The standard InChI is InChI=1S/C16H26N2O3/c1-5-13(18-10-8-17-9-11-18)12-6-7-14(19-2)16(21-4)15(12)20-3/h6-7,13,17H,5,8-11H2,1-4H3/t13-/m0/s1. The van der Waals surface area contributed by atoms with Gasteiger partial charge in [-0.15, -0.1) is 0 Å². The number of hydrogen-bond acceptors (Lipinski definition) is 5. The van der Waals surface area contributed by atoms with Crippen LogP contribution in [0.25, 0.3) is 0 Å². The third-order valence-electron chi connectivity index (χ3n) is 4.07. The molecule has 1 saturated heterocycles. The molecule has 1 N–H and O–H groups in total. The van der Waals surface area contributed by atoms with Crippen molar-refractivity contribution in [2.24, 2.45) is 0 Å². The van der Waals surface area contributed by atoms with Crippen molar-refractivity contribution in [3.05, 3.63) is 17.7 Å². The van der Waals surface area contributed by atoms with Crippen LogP contribution in [0.5, 0.6) is 17.2 Å². The van der Waals surface area contributed by atoms with Crippen LogP contribution in [0.3, 0.4) is 0 Å². The Kier molecular flexibility index (Phi) is 5.70. The Labute approximate surface area is 127 Å². The average Bonchev–Trinajstić information content (AvgIpc) is 2.55. The lowest BCUT2D eigenvalue weighted by Gasteiger charge is -2.35. The molecular formula is C16H26N2O3. The summed E-state index contributed by atoms with van der Waals surface area (Å²) in [6.07, 6.45) is 1.03. The van der Waals surface area contributed by atoms with Crippen molar-refractivity contribution < 1.29 is 14.2 Å². The van der Waals surface area contributed by atoms with E-state index in [2.05, 4.69) is 23.2 Å². The van der Waals surface area contributed by atoms with Crippen LogP contribution in [-0.2, 0) is 0 Å². The summed E-state index contributed by atoms with van der Waals surface area (Å²) in [4.78, 5) is 2.50. The number of methoxy groups -OCH3 is 3. The Morgan fingerprint density at radius 1 is 1.05 bits per heavy atom. The molecule has 1 fully saturated rings. The lowest BCUT2D eigenvalue weighted by molar-refractivity contribution is 0.165. The number of nitrogens with zero attached hydrogens (tertiary/aromatic N) is 1. The zero-order valence-corrected chi connectivity index (χ0v) is 13.4. The Morgan fingerprint density at radius 2 is 1.71 bits per heavy atom. The molecular weight excluding hydrogens is 268 g/mol. The highest BCUT2D eigenvalue weighted by molar-refractivity contribution is 5.56. The van der Waals surface area contributed by atoms with Gasteiger partial charge in [-0.3, -0.25) is 4.90 Å². The molecule has 2 rings (SSSR count). The van der Waals surface area contributed by atoms with Crippen molar-refractivity contribution in [3.8, 4) is 17.2 Å². The second-order valence-corrected chi connectivity index (χ2v) is 5.13. The van der Waals surface area contributed by atoms with Crippen molar-refractivity contribution in [2.75, 3.05) is 47.5 Å². The highest BCUT2D eigenvalue weighted by atomic mass is 16.5. The van der Waals surface area contributed by atoms with Gasteiger partial charge in [-0.05, 0) is 18.6 Å². The van der Waals surface area contributed by atoms with Crippen LogP contribution < -0.4 is 19.5 Å². The van der Waals surface area contributed by atoms with Gasteiger partial charge in [-0.1, -0.05) is 6.92 Å². The molecule has 118 valence electrons. The number of hydrogen-bond donors (Lipinski definition) is 1. The van der Waals surface area contributed by atoms with Crippen LogP contribution in [0.2, 0.25) is 0 Å². The van der Waals surface area contributed by atoms with E-state index in [0.29, 0.717) is 17.5 Å². The SMILES string of the molecule is CC[C@@H](c1ccc(OC)c(OC)c1OC)N1CCNCC1. The van der Waals surface area contributed by atoms with E-state index in [9.17, 15) is 0 Å². The number of benzene rings is 1. The van der Waals surface area contributed by atoms with Crippen LogP contribution in [0.4, 0.5) is 0 Å². The zero-order valence-electron chi connectivity index (χ0n) is 13.4. The minimum Gasteiger partial charge on any atom is -0.493 e. The van der Waals surface area contributed by atoms with E-state index in [-0.39, 0.29) is 0 Å². The van der Waals surface area contributed by atoms with E-state index in [0.717, 1.165) is 38.3 Å². The maximum Gasteiger partial charge on any atom is 0.203 e. The molecule has 0 spiro atoms. The summed E-state index contributed by atoms with van der Waals surface area (Å²) in [6, 6.07) is 4.39. The molecule has 0 radical (unpaired) electrons. The van der Waals surface area contributed by atoms with Crippen molar-refractivity contribution in [3.63, 3.8) is 0 Å². The molecule has 1 aromatic carbocycles. The molecule has 0 bridgehead atoms. The number of piperazine rings is 1. The summed E-state index contributed by atoms with van der Waals surface area (Å²) >= 11 is 0. The summed E-state index contributed by atoms with van der Waals surface area (Å²) in [5.74, 6) is 2.15. The van der Waals surface area contributed by atoms with E-state index in [1.807, 2.05) is 6.07 Å². The summed E-state index contributed by atoms with van der Waals surface area (Å²) in [5, 5.41) is 3.40. The predicted molar refractivity (Wildman–Crippen MR) is 83.6 cm³/mol. The zero-order chi connectivity index (χ0) is 15.2. The van der Waals surface area contributed by atoms with Crippen molar-refractivity contribution >= 4 is 0 Å². The van der Waals surface area contributed by atoms with Gasteiger partial charge in [-0.2, -0.15) is 0 Å². The van der Waals surface area contributed by atoms with Crippen LogP contribution >= 0.6 is 0 Å². The van der Waals surface area contributed by atoms with Gasteiger partial charge in [0.25, 0.3) is 0 Å². The van der Waals surface area contributed by atoms with Crippen molar-refractivity contribution in [1.29, 1.82) is 0 Å². The average molecular weight is 294 g/mol. The third kappa shape index (κ3) is 3.24. The molecule has 1 aromatic rings. The third-order valence-corrected chi connectivity index (χ3v) is 4.07. The lowest BCUT2D eigenvalue weighted by Crippen LogP contribution is -2.45. The predicted octanol–water partition coefficient (Wildman–Crippen LogP) is 2.07. The molecule has 1 atom stereocenters. The quantitative estimate of drug-likeness (QED) is 0.870. The molecule has 0 aliphatic carbocycles. The van der Waals surface area contributed by atoms with Crippen LogP contribution in [0.1, 0.15) is 24.9 Å². The monoisotopic (exact) mass is 294 g/mol. The molecule has 0 aromatic heterocycles. The maximum atomic E-state index is 5.64. The fourth-order valence-electron chi connectivity index (χ4n) is 3.06. The number of rotatable bonds is 6. The van der Waals surface area contributed by atoms with E-state index in [4.69, 9.17) is 14.2 Å². The summed E-state index contributed by atoms with van der Waals surface area (Å²) in [5.41, 5.74) is 1.17. The second-order valence-electron chi connectivity index (χ2n) is 5.13. The van der Waals surface area contributed by atoms with E-state index < -0.39 is 0 Å². The highest BCUT2D eigenvalue weighted by Crippen LogP contribution is 2.44. The summed E-state index contributed by atoms with van der Waals surface area (Å²) in [6.45, 7) is 6.38. The Morgan fingerprint density at radius 3 is 2.24 bits per heavy atom. The first-order chi connectivity index (χ1) is 10.3. The molecule has 1 aliphatic heterocycles. The lowest BCUT2D eigenvalue weighted by atomic mass is 10.00. The molecule has 1 heterocycles. The first-order valence-electron chi connectivity index (χ1n) is 7.50. The van der Waals surface area contributed by atoms with Crippen molar-refractivity contribution in [2.45, 2.75) is 19.4 Å². The van der Waals surface area contributed by atoms with Gasteiger partial charge < -0.3 is 19.5 Å². The van der Waals surface area contributed by atoms with E-state index >= 15 is 0 Å². The minimum absolute atomic E-state index is 0.335.